The van der Waals surface area contributed by atoms with Gasteiger partial charge in [-0.25, -0.2) is 0 Å². The summed E-state index contributed by atoms with van der Waals surface area (Å²) >= 11 is 0. The number of carbonyl (C=O) groups is 1. The zero-order valence-electron chi connectivity index (χ0n) is 51.2. The maximum atomic E-state index is 12.5. The van der Waals surface area contributed by atoms with Gasteiger partial charge in [0.15, 0.2) is 0 Å². The molecule has 0 saturated carbocycles. The third-order valence-corrected chi connectivity index (χ3v) is 16.8. The summed E-state index contributed by atoms with van der Waals surface area (Å²) in [4.78, 5) is 12.5. The summed E-state index contributed by atoms with van der Waals surface area (Å²) in [5.41, 5.74) is 0. The lowest BCUT2D eigenvalue weighted by atomic mass is 10.0. The summed E-state index contributed by atoms with van der Waals surface area (Å²) in [6, 6.07) is -0.620. The Labute approximate surface area is 467 Å². The summed E-state index contributed by atoms with van der Waals surface area (Å²) in [7, 11) is 0. The van der Waals surface area contributed by atoms with E-state index in [9.17, 15) is 15.0 Å². The molecule has 0 aliphatic heterocycles. The molecule has 0 aliphatic rings. The van der Waals surface area contributed by atoms with Crippen molar-refractivity contribution >= 4 is 5.91 Å². The van der Waals surface area contributed by atoms with Gasteiger partial charge in [0, 0.05) is 6.42 Å². The minimum atomic E-state index is -0.837. The zero-order valence-corrected chi connectivity index (χ0v) is 51.2. The molecule has 0 spiro atoms. The highest BCUT2D eigenvalue weighted by Crippen LogP contribution is 2.20. The fourth-order valence-corrected chi connectivity index (χ4v) is 11.5. The molecule has 0 saturated heterocycles. The number of unbranched alkanes of at least 4 members (excludes halogenated alkanes) is 59. The van der Waals surface area contributed by atoms with Crippen LogP contribution in [0.3, 0.4) is 0 Å². The van der Waals surface area contributed by atoms with Crippen LogP contribution in [-0.2, 0) is 4.79 Å². The number of nitrogens with one attached hydrogen (secondary N) is 1. The van der Waals surface area contributed by atoms with Gasteiger partial charge >= 0.3 is 0 Å². The first-order valence-electron chi connectivity index (χ1n) is 34.9. The van der Waals surface area contributed by atoms with Gasteiger partial charge in [0.25, 0.3) is 0 Å². The molecule has 0 aromatic heterocycles. The van der Waals surface area contributed by atoms with E-state index in [2.05, 4.69) is 19.2 Å². The normalized spacial score (nSPS) is 12.6. The van der Waals surface area contributed by atoms with Crippen molar-refractivity contribution in [1.82, 2.24) is 5.32 Å². The van der Waals surface area contributed by atoms with E-state index in [1.165, 1.54) is 366 Å². The Kier molecular flexibility index (Phi) is 65.6. The van der Waals surface area contributed by atoms with E-state index in [0.717, 1.165) is 25.7 Å². The van der Waals surface area contributed by atoms with Crippen LogP contribution in [0.25, 0.3) is 0 Å². The molecule has 74 heavy (non-hydrogen) atoms. The van der Waals surface area contributed by atoms with Crippen molar-refractivity contribution < 1.29 is 15.0 Å². The van der Waals surface area contributed by atoms with Crippen LogP contribution in [-0.4, -0.2) is 34.9 Å². The van der Waals surface area contributed by atoms with E-state index < -0.39 is 12.1 Å². The van der Waals surface area contributed by atoms with Gasteiger partial charge in [-0.3, -0.25) is 4.79 Å². The molecule has 2 unspecified atom stereocenters. The third-order valence-electron chi connectivity index (χ3n) is 16.8. The number of aliphatic hydroxyl groups is 2. The predicted molar refractivity (Wildman–Crippen MR) is 332 cm³/mol. The minimum absolute atomic E-state index is 0.0530. The number of hydrogen-bond donors (Lipinski definition) is 3. The van der Waals surface area contributed by atoms with Gasteiger partial charge in [0.1, 0.15) is 0 Å². The van der Waals surface area contributed by atoms with Gasteiger partial charge < -0.3 is 15.5 Å². The molecule has 4 nitrogen and oxygen atoms in total. The maximum absolute atomic E-state index is 12.5. The van der Waals surface area contributed by atoms with E-state index in [0.29, 0.717) is 6.42 Å². The highest BCUT2D eigenvalue weighted by Gasteiger charge is 2.18. The van der Waals surface area contributed by atoms with Crippen molar-refractivity contribution in [3.8, 4) is 0 Å². The molecular formula is C70H139NO3. The van der Waals surface area contributed by atoms with Gasteiger partial charge in [-0.2, -0.15) is 0 Å². The van der Waals surface area contributed by atoms with E-state index >= 15 is 0 Å². The summed E-state index contributed by atoms with van der Waals surface area (Å²) in [6.07, 6.45) is 88.8. The number of carbonyl (C=O) groups excluding carboxylic acids is 1. The molecule has 1 amide bonds. The van der Waals surface area contributed by atoms with Crippen LogP contribution in [0.1, 0.15) is 412 Å². The van der Waals surface area contributed by atoms with Crippen LogP contribution < -0.4 is 5.32 Å². The summed E-state index contributed by atoms with van der Waals surface area (Å²) < 4.78 is 0. The van der Waals surface area contributed by atoms with Crippen molar-refractivity contribution in [2.75, 3.05) is 6.61 Å². The minimum Gasteiger partial charge on any atom is -0.394 e. The molecule has 0 rings (SSSR count). The molecular weight excluding hydrogens is 903 g/mol. The lowest BCUT2D eigenvalue weighted by Gasteiger charge is -2.20. The zero-order chi connectivity index (χ0) is 53.4. The number of aliphatic hydroxyl groups excluding tert-OH is 2. The Balaban J connectivity index is 3.39. The van der Waals surface area contributed by atoms with Crippen LogP contribution in [0.2, 0.25) is 0 Å². The average molecular weight is 1040 g/mol. The van der Waals surface area contributed by atoms with Crippen molar-refractivity contribution in [1.29, 1.82) is 0 Å². The van der Waals surface area contributed by atoms with Crippen molar-refractivity contribution in [2.45, 2.75) is 424 Å². The SMILES string of the molecule is CCCCCCCCCCCCCCCCCCCCCCCCCCCCCCCC/C=C/C(O)C(CO)NC(=O)CCCCCCCCCCCCCCCCCCCCCCCCCCCCCCCC. The van der Waals surface area contributed by atoms with Gasteiger partial charge in [0.05, 0.1) is 18.8 Å². The number of hydrogen-bond acceptors (Lipinski definition) is 3. The molecule has 0 aromatic carbocycles. The number of allylic oxidation sites excluding steroid dienone is 1. The first-order valence-corrected chi connectivity index (χ1v) is 34.9. The van der Waals surface area contributed by atoms with Crippen molar-refractivity contribution in [3.63, 3.8) is 0 Å². The smallest absolute Gasteiger partial charge is 0.220 e. The predicted octanol–water partition coefficient (Wildman–Crippen LogP) is 23.6. The molecule has 3 N–H and O–H groups in total. The van der Waals surface area contributed by atoms with E-state index in [1.807, 2.05) is 6.08 Å². The molecule has 0 aliphatic carbocycles. The molecule has 0 bridgehead atoms. The fourth-order valence-electron chi connectivity index (χ4n) is 11.5. The second-order valence-corrected chi connectivity index (χ2v) is 24.3. The summed E-state index contributed by atoms with van der Waals surface area (Å²) in [5.74, 6) is -0.0530. The standard InChI is InChI=1S/C70H139NO3/c1-3-5-7-9-11-13-15-17-19-21-23-25-27-29-31-33-35-36-37-39-41-43-45-47-49-51-53-55-57-59-61-63-65-69(73)68(67-72)71-70(74)66-64-62-60-58-56-54-52-50-48-46-44-42-40-38-34-32-30-28-26-24-22-20-18-16-14-12-10-8-6-4-2/h63,65,68-69,72-73H,3-62,64,66-67H2,1-2H3,(H,71,74)/b65-63+. The third kappa shape index (κ3) is 62.0. The molecule has 442 valence electrons. The lowest BCUT2D eigenvalue weighted by molar-refractivity contribution is -0.123. The number of amides is 1. The van der Waals surface area contributed by atoms with Crippen LogP contribution in [0.5, 0.6) is 0 Å². The second-order valence-electron chi connectivity index (χ2n) is 24.3. The molecule has 0 fully saturated rings. The Bertz CT molecular complexity index is 1040. The average Bonchev–Trinajstić information content (AvgIpc) is 3.40. The summed E-state index contributed by atoms with van der Waals surface area (Å²) in [6.45, 7) is 4.37. The number of rotatable bonds is 66. The Morgan fingerprint density at radius 2 is 0.500 bits per heavy atom. The van der Waals surface area contributed by atoms with Crippen LogP contribution in [0.15, 0.2) is 12.2 Å². The largest absolute Gasteiger partial charge is 0.394 e. The maximum Gasteiger partial charge on any atom is 0.220 e. The first kappa shape index (κ1) is 73.1. The topological polar surface area (TPSA) is 69.6 Å². The van der Waals surface area contributed by atoms with Gasteiger partial charge in [0.2, 0.25) is 5.91 Å². The van der Waals surface area contributed by atoms with E-state index in [-0.39, 0.29) is 12.5 Å². The quantitative estimate of drug-likeness (QED) is 0.0420. The van der Waals surface area contributed by atoms with Crippen LogP contribution in [0.4, 0.5) is 0 Å². The highest BCUT2D eigenvalue weighted by atomic mass is 16.3. The molecule has 0 radical (unpaired) electrons. The first-order chi connectivity index (χ1) is 36.7. The Morgan fingerprint density at radius 1 is 0.311 bits per heavy atom. The fraction of sp³-hybridized carbons (Fsp3) is 0.957. The van der Waals surface area contributed by atoms with Crippen LogP contribution >= 0.6 is 0 Å². The summed E-state index contributed by atoms with van der Waals surface area (Å²) in [5, 5.41) is 23.3. The molecule has 2 atom stereocenters. The Morgan fingerprint density at radius 3 is 0.703 bits per heavy atom. The van der Waals surface area contributed by atoms with Gasteiger partial charge in [-0.15, -0.1) is 0 Å². The highest BCUT2D eigenvalue weighted by molar-refractivity contribution is 5.76. The Hall–Kier alpha value is -0.870. The monoisotopic (exact) mass is 1040 g/mol. The molecule has 4 heteroatoms. The van der Waals surface area contributed by atoms with E-state index in [4.69, 9.17) is 0 Å². The van der Waals surface area contributed by atoms with E-state index in [1.54, 1.807) is 6.08 Å². The van der Waals surface area contributed by atoms with Crippen molar-refractivity contribution in [3.05, 3.63) is 12.2 Å². The second kappa shape index (κ2) is 66.4. The molecule has 0 aromatic rings. The van der Waals surface area contributed by atoms with Gasteiger partial charge in [-0.05, 0) is 19.3 Å². The molecule has 0 heterocycles. The lowest BCUT2D eigenvalue weighted by Crippen LogP contribution is -2.45. The van der Waals surface area contributed by atoms with Gasteiger partial charge in [-0.1, -0.05) is 398 Å². The van der Waals surface area contributed by atoms with Crippen molar-refractivity contribution in [2.24, 2.45) is 0 Å². The van der Waals surface area contributed by atoms with Crippen LogP contribution in [0, 0.1) is 0 Å².